The molecule has 0 radical (unpaired) electrons. The monoisotopic (exact) mass is 387 g/mol. The average molecular weight is 387 g/mol. The van der Waals surface area contributed by atoms with Gasteiger partial charge in [-0.1, -0.05) is 30.3 Å². The fourth-order valence-corrected chi connectivity index (χ4v) is 4.23. The maximum atomic E-state index is 13.4. The molecule has 4 rings (SSSR count). The number of anilines is 1. The molecule has 0 bridgehead atoms. The van der Waals surface area contributed by atoms with Gasteiger partial charge in [-0.3, -0.25) is 9.59 Å². The van der Waals surface area contributed by atoms with Crippen LogP contribution in [0, 0.1) is 13.8 Å². The number of pyridine rings is 1. The Hall–Kier alpha value is -3.21. The highest BCUT2D eigenvalue weighted by Gasteiger charge is 2.38. The first kappa shape index (κ1) is 19.1. The van der Waals surface area contributed by atoms with E-state index in [2.05, 4.69) is 15.6 Å². The molecule has 5 nitrogen and oxygen atoms in total. The second-order valence-corrected chi connectivity index (χ2v) is 7.80. The molecule has 2 aromatic rings. The maximum Gasteiger partial charge on any atom is 0.255 e. The van der Waals surface area contributed by atoms with Crippen molar-refractivity contribution in [1.29, 1.82) is 0 Å². The molecule has 0 saturated heterocycles. The van der Waals surface area contributed by atoms with Crippen molar-refractivity contribution in [2.75, 3.05) is 5.32 Å². The lowest BCUT2D eigenvalue weighted by atomic mass is 9.74. The molecule has 0 fully saturated rings. The molecule has 0 saturated carbocycles. The molecular weight excluding hydrogens is 362 g/mol. The number of rotatable bonds is 3. The van der Waals surface area contributed by atoms with E-state index in [-0.39, 0.29) is 17.6 Å². The van der Waals surface area contributed by atoms with Crippen molar-refractivity contribution < 1.29 is 9.59 Å². The number of nitrogens with zero attached hydrogens (tertiary/aromatic N) is 1. The molecule has 1 aromatic carbocycles. The first-order valence-corrected chi connectivity index (χ1v) is 9.99. The molecule has 2 N–H and O–H groups in total. The first-order valence-electron chi connectivity index (χ1n) is 9.99. The van der Waals surface area contributed by atoms with E-state index in [0.29, 0.717) is 17.8 Å². The second kappa shape index (κ2) is 7.66. The molecule has 1 aliphatic heterocycles. The summed E-state index contributed by atoms with van der Waals surface area (Å²) in [5, 5.41) is 6.27. The van der Waals surface area contributed by atoms with E-state index in [0.717, 1.165) is 46.5 Å². The van der Waals surface area contributed by atoms with Gasteiger partial charge >= 0.3 is 0 Å². The van der Waals surface area contributed by atoms with Gasteiger partial charge in [-0.25, -0.2) is 4.98 Å². The van der Waals surface area contributed by atoms with Gasteiger partial charge < -0.3 is 10.6 Å². The second-order valence-electron chi connectivity index (χ2n) is 7.80. The summed E-state index contributed by atoms with van der Waals surface area (Å²) in [4.78, 5) is 30.6. The van der Waals surface area contributed by atoms with Crippen molar-refractivity contribution in [3.05, 3.63) is 81.8 Å². The van der Waals surface area contributed by atoms with Crippen molar-refractivity contribution in [2.45, 2.75) is 46.0 Å². The van der Waals surface area contributed by atoms with Gasteiger partial charge in [-0.15, -0.1) is 0 Å². The largest absolute Gasteiger partial charge is 0.362 e. The number of aromatic nitrogens is 1. The summed E-state index contributed by atoms with van der Waals surface area (Å²) in [6, 6.07) is 11.7. The van der Waals surface area contributed by atoms with Crippen LogP contribution in [0.25, 0.3) is 0 Å². The van der Waals surface area contributed by atoms with E-state index in [1.165, 1.54) is 0 Å². The third kappa shape index (κ3) is 3.60. The topological polar surface area (TPSA) is 71.1 Å². The first-order chi connectivity index (χ1) is 14.0. The van der Waals surface area contributed by atoms with E-state index < -0.39 is 0 Å². The van der Waals surface area contributed by atoms with Crippen LogP contribution in [0.3, 0.4) is 0 Å². The number of Topliss-reactive ketones (excluding diaryl/α,β-unsaturated/α-hetero) is 1. The fourth-order valence-electron chi connectivity index (χ4n) is 4.23. The number of hydrogen-bond acceptors (Lipinski definition) is 4. The minimum absolute atomic E-state index is 0.123. The molecule has 1 amide bonds. The zero-order valence-electron chi connectivity index (χ0n) is 17.0. The minimum atomic E-state index is -0.370. The number of benzene rings is 1. The lowest BCUT2D eigenvalue weighted by Gasteiger charge is -2.35. The molecule has 0 spiro atoms. The summed E-state index contributed by atoms with van der Waals surface area (Å²) in [5.74, 6) is 0.0210. The third-order valence-electron chi connectivity index (χ3n) is 5.67. The van der Waals surface area contributed by atoms with E-state index in [9.17, 15) is 9.59 Å². The molecule has 1 atom stereocenters. The number of ketones is 1. The van der Waals surface area contributed by atoms with Gasteiger partial charge in [-0.2, -0.15) is 0 Å². The number of carbonyl (C=O) groups is 2. The van der Waals surface area contributed by atoms with Crippen LogP contribution in [0.1, 0.15) is 48.8 Å². The number of dihydropyridines is 1. The predicted molar refractivity (Wildman–Crippen MR) is 113 cm³/mol. The predicted octanol–water partition coefficient (Wildman–Crippen LogP) is 4.31. The van der Waals surface area contributed by atoms with Gasteiger partial charge in [0.2, 0.25) is 0 Å². The Kier molecular flexibility index (Phi) is 5.05. The van der Waals surface area contributed by atoms with Crippen LogP contribution in [0.4, 0.5) is 5.82 Å². The van der Waals surface area contributed by atoms with Crippen molar-refractivity contribution in [3.63, 3.8) is 0 Å². The third-order valence-corrected chi connectivity index (χ3v) is 5.67. The quantitative estimate of drug-likeness (QED) is 0.823. The maximum absolute atomic E-state index is 13.4. The highest BCUT2D eigenvalue weighted by Crippen LogP contribution is 2.43. The normalized spacial score (nSPS) is 19.0. The summed E-state index contributed by atoms with van der Waals surface area (Å²) in [6.45, 7) is 5.89. The Morgan fingerprint density at radius 2 is 1.90 bits per heavy atom. The SMILES string of the molecule is CC1=C(C(=O)Nc2ccc(C)cn2)[C@H](c2ccccc2C)C2=C(CCCC2=O)N1. The Morgan fingerprint density at radius 1 is 1.10 bits per heavy atom. The molecule has 29 heavy (non-hydrogen) atoms. The van der Waals surface area contributed by atoms with Crippen LogP contribution in [0.2, 0.25) is 0 Å². The molecule has 1 aliphatic carbocycles. The van der Waals surface area contributed by atoms with Crippen molar-refractivity contribution >= 4 is 17.5 Å². The van der Waals surface area contributed by atoms with E-state index in [1.807, 2.05) is 51.1 Å². The van der Waals surface area contributed by atoms with Gasteiger partial charge in [0.25, 0.3) is 5.91 Å². The van der Waals surface area contributed by atoms with Crippen LogP contribution in [0.5, 0.6) is 0 Å². The summed E-state index contributed by atoms with van der Waals surface area (Å²) in [6.07, 6.45) is 3.92. The van der Waals surface area contributed by atoms with Crippen LogP contribution in [-0.2, 0) is 9.59 Å². The molecule has 148 valence electrons. The number of allylic oxidation sites excluding steroid dienone is 3. The van der Waals surface area contributed by atoms with Crippen LogP contribution >= 0.6 is 0 Å². The van der Waals surface area contributed by atoms with Gasteiger partial charge in [0.15, 0.2) is 5.78 Å². The van der Waals surface area contributed by atoms with E-state index >= 15 is 0 Å². The lowest BCUT2D eigenvalue weighted by molar-refractivity contribution is -0.116. The zero-order chi connectivity index (χ0) is 20.5. The Labute approximate surface area is 170 Å². The molecule has 5 heteroatoms. The van der Waals surface area contributed by atoms with Gasteiger partial charge in [0, 0.05) is 41.1 Å². The van der Waals surface area contributed by atoms with Crippen molar-refractivity contribution in [3.8, 4) is 0 Å². The number of hydrogen-bond donors (Lipinski definition) is 2. The van der Waals surface area contributed by atoms with Crippen molar-refractivity contribution in [2.24, 2.45) is 0 Å². The molecule has 2 heterocycles. The standard InChI is InChI=1S/C24H25N3O2/c1-14-11-12-20(25-13-14)27-24(29)21-16(3)26-18-9-6-10-19(28)23(18)22(21)17-8-5-4-7-15(17)2/h4-5,7-8,11-13,22,26H,6,9-10H2,1-3H3,(H,25,27,29)/t22-/m0/s1. The summed E-state index contributed by atoms with van der Waals surface area (Å²) < 4.78 is 0. The summed E-state index contributed by atoms with van der Waals surface area (Å²) >= 11 is 0. The highest BCUT2D eigenvalue weighted by molar-refractivity contribution is 6.09. The Morgan fingerprint density at radius 3 is 2.62 bits per heavy atom. The van der Waals surface area contributed by atoms with Crippen LogP contribution in [-0.4, -0.2) is 16.7 Å². The molecule has 0 unspecified atom stereocenters. The molecular formula is C24H25N3O2. The van der Waals surface area contributed by atoms with E-state index in [4.69, 9.17) is 0 Å². The zero-order valence-corrected chi connectivity index (χ0v) is 17.0. The Balaban J connectivity index is 1.80. The van der Waals surface area contributed by atoms with Crippen LogP contribution < -0.4 is 10.6 Å². The lowest BCUT2D eigenvalue weighted by Crippen LogP contribution is -2.35. The van der Waals surface area contributed by atoms with Crippen molar-refractivity contribution in [1.82, 2.24) is 10.3 Å². The summed E-state index contributed by atoms with van der Waals surface area (Å²) in [7, 11) is 0. The van der Waals surface area contributed by atoms with E-state index in [1.54, 1.807) is 12.3 Å². The highest BCUT2D eigenvalue weighted by atomic mass is 16.2. The number of nitrogens with one attached hydrogen (secondary N) is 2. The molecule has 2 aliphatic rings. The summed E-state index contributed by atoms with van der Waals surface area (Å²) in [5.41, 5.74) is 6.15. The number of amides is 1. The number of carbonyl (C=O) groups excluding carboxylic acids is 2. The Bertz CT molecular complexity index is 1050. The van der Waals surface area contributed by atoms with Gasteiger partial charge in [0.1, 0.15) is 5.82 Å². The van der Waals surface area contributed by atoms with Crippen LogP contribution in [0.15, 0.2) is 65.1 Å². The minimum Gasteiger partial charge on any atom is -0.362 e. The van der Waals surface area contributed by atoms with Gasteiger partial charge in [-0.05, 0) is 56.4 Å². The molecule has 1 aromatic heterocycles. The fraction of sp³-hybridized carbons (Fsp3) is 0.292. The average Bonchev–Trinajstić information content (AvgIpc) is 2.69. The van der Waals surface area contributed by atoms with Gasteiger partial charge in [0.05, 0.1) is 0 Å². The smallest absolute Gasteiger partial charge is 0.255 e. The number of aryl methyl sites for hydroxylation is 2.